The third kappa shape index (κ3) is 7.52. The van der Waals surface area contributed by atoms with Crippen LogP contribution in [0.1, 0.15) is 54.4 Å². The zero-order valence-corrected chi connectivity index (χ0v) is 20.2. The third-order valence-electron chi connectivity index (χ3n) is 4.97. The van der Waals surface area contributed by atoms with Crippen LogP contribution in [0.4, 0.5) is 0 Å². The van der Waals surface area contributed by atoms with Crippen molar-refractivity contribution in [3.8, 4) is 23.0 Å². The van der Waals surface area contributed by atoms with E-state index >= 15 is 0 Å². The molecule has 162 valence electrons. The van der Waals surface area contributed by atoms with Gasteiger partial charge in [0.1, 0.15) is 28.6 Å². The smallest absolute Gasteiger partial charge is 0.746 e. The Morgan fingerprint density at radius 3 is 2.19 bits per heavy atom. The molecule has 1 atom stereocenters. The van der Waals surface area contributed by atoms with Gasteiger partial charge in [-0.3, -0.25) is 9.36 Å². The van der Waals surface area contributed by atoms with Crippen LogP contribution in [0, 0.1) is 0 Å². The maximum Gasteiger partial charge on any atom is 1.00 e. The molecule has 0 radical (unpaired) electrons. The van der Waals surface area contributed by atoms with Crippen molar-refractivity contribution in [1.29, 1.82) is 0 Å². The molecule has 0 heterocycles. The number of Topliss-reactive ketones (excluding diaryl/α,β-unsaturated/α-hetero) is 1. The SMILES string of the molecule is O=C(CCc1ccc(OP(=O)([O-])OC2CCCCC2)cc1)c1c(O)cc(O)cc1O.[Na+]. The number of hydrogen-bond donors (Lipinski definition) is 3. The van der Waals surface area contributed by atoms with Crippen molar-refractivity contribution in [1.82, 2.24) is 0 Å². The molecule has 8 nitrogen and oxygen atoms in total. The Morgan fingerprint density at radius 2 is 1.61 bits per heavy atom. The second-order valence-corrected chi connectivity index (χ2v) is 8.62. The van der Waals surface area contributed by atoms with E-state index in [0.717, 1.165) is 37.0 Å². The number of phosphoric acid groups is 1. The van der Waals surface area contributed by atoms with E-state index in [1.54, 1.807) is 12.1 Å². The van der Waals surface area contributed by atoms with Crippen molar-refractivity contribution in [2.24, 2.45) is 0 Å². The molecule has 0 amide bonds. The molecule has 31 heavy (non-hydrogen) atoms. The Labute approximate surface area is 202 Å². The van der Waals surface area contributed by atoms with Gasteiger partial charge in [-0.2, -0.15) is 0 Å². The molecule has 3 rings (SSSR count). The summed E-state index contributed by atoms with van der Waals surface area (Å²) in [6.07, 6.45) is 4.34. The molecule has 2 aromatic carbocycles. The second kappa shape index (κ2) is 11.4. The van der Waals surface area contributed by atoms with Gasteiger partial charge in [0.2, 0.25) is 0 Å². The second-order valence-electron chi connectivity index (χ2n) is 7.33. The fraction of sp³-hybridized carbons (Fsp3) is 0.381. The van der Waals surface area contributed by atoms with E-state index < -0.39 is 25.1 Å². The number of ketones is 1. The van der Waals surface area contributed by atoms with Crippen molar-refractivity contribution in [3.63, 3.8) is 0 Å². The molecular formula is C21H24NaO8P. The van der Waals surface area contributed by atoms with E-state index in [0.29, 0.717) is 19.3 Å². The normalized spacial score (nSPS) is 16.2. The minimum Gasteiger partial charge on any atom is -0.746 e. The number of rotatable bonds is 8. The quantitative estimate of drug-likeness (QED) is 0.301. The standard InChI is InChI=1S/C21H25O8P.Na/c22-15-12-19(24)21(20(25)13-15)18(23)11-8-14-6-9-17(10-7-14)29-30(26,27)28-16-4-2-1-3-5-16;/h6-7,9-10,12-13,16,22,24-25H,1-5,8,11H2,(H,26,27);/q;+1/p-1. The summed E-state index contributed by atoms with van der Waals surface area (Å²) in [5, 5.41) is 28.9. The molecule has 1 aliphatic carbocycles. The van der Waals surface area contributed by atoms with Gasteiger partial charge in [-0.05, 0) is 37.0 Å². The van der Waals surface area contributed by atoms with Crippen LogP contribution in [-0.4, -0.2) is 27.2 Å². The average molecular weight is 458 g/mol. The van der Waals surface area contributed by atoms with Gasteiger partial charge in [0, 0.05) is 18.6 Å². The van der Waals surface area contributed by atoms with Crippen molar-refractivity contribution in [2.45, 2.75) is 51.0 Å². The first kappa shape index (κ1) is 25.7. The zero-order valence-electron chi connectivity index (χ0n) is 17.3. The van der Waals surface area contributed by atoms with Gasteiger partial charge in [-0.15, -0.1) is 0 Å². The Bertz CT molecular complexity index is 918. The number of aromatic hydroxyl groups is 3. The van der Waals surface area contributed by atoms with Crippen LogP contribution in [0.3, 0.4) is 0 Å². The molecule has 1 saturated carbocycles. The van der Waals surface area contributed by atoms with Crippen molar-refractivity contribution in [2.75, 3.05) is 0 Å². The van der Waals surface area contributed by atoms with E-state index in [2.05, 4.69) is 0 Å². The molecule has 1 fully saturated rings. The van der Waals surface area contributed by atoms with E-state index in [4.69, 9.17) is 9.05 Å². The largest absolute Gasteiger partial charge is 1.00 e. The fourth-order valence-corrected chi connectivity index (χ4v) is 4.49. The first-order valence-electron chi connectivity index (χ1n) is 9.79. The van der Waals surface area contributed by atoms with Gasteiger partial charge < -0.3 is 29.3 Å². The van der Waals surface area contributed by atoms with Gasteiger partial charge in [-0.25, -0.2) is 0 Å². The van der Waals surface area contributed by atoms with Crippen molar-refractivity contribution in [3.05, 3.63) is 47.5 Å². The fourth-order valence-electron chi connectivity index (χ4n) is 3.49. The summed E-state index contributed by atoms with van der Waals surface area (Å²) < 4.78 is 22.2. The maximum absolute atomic E-state index is 12.3. The number of benzene rings is 2. The van der Waals surface area contributed by atoms with Crippen LogP contribution >= 0.6 is 7.82 Å². The number of phenolic OH excluding ortho intramolecular Hbond substituents is 3. The van der Waals surface area contributed by atoms with E-state index in [9.17, 15) is 29.6 Å². The molecule has 1 aliphatic rings. The minimum absolute atomic E-state index is 0. The number of aryl methyl sites for hydroxylation is 1. The van der Waals surface area contributed by atoms with Crippen molar-refractivity contribution >= 4 is 13.6 Å². The Hall–Kier alpha value is -1.54. The van der Waals surface area contributed by atoms with Crippen LogP contribution in [0.15, 0.2) is 36.4 Å². The van der Waals surface area contributed by atoms with Gasteiger partial charge in [0.05, 0.1) is 6.10 Å². The van der Waals surface area contributed by atoms with Gasteiger partial charge in [-0.1, -0.05) is 31.4 Å². The average Bonchev–Trinajstić information content (AvgIpc) is 2.67. The zero-order chi connectivity index (χ0) is 21.7. The molecule has 0 aliphatic heterocycles. The van der Waals surface area contributed by atoms with E-state index in [1.807, 2.05) is 0 Å². The van der Waals surface area contributed by atoms with Gasteiger partial charge in [0.25, 0.3) is 0 Å². The summed E-state index contributed by atoms with van der Waals surface area (Å²) in [6.45, 7) is 0. The molecule has 2 aromatic rings. The molecule has 0 spiro atoms. The number of carbonyl (C=O) groups is 1. The predicted molar refractivity (Wildman–Crippen MR) is 107 cm³/mol. The van der Waals surface area contributed by atoms with Crippen LogP contribution < -0.4 is 39.0 Å². The molecule has 0 saturated heterocycles. The van der Waals surface area contributed by atoms with Crippen LogP contribution in [0.25, 0.3) is 0 Å². The molecule has 3 N–H and O–H groups in total. The Kier molecular flexibility index (Phi) is 9.43. The molecule has 0 aromatic heterocycles. The summed E-state index contributed by atoms with van der Waals surface area (Å²) in [6, 6.07) is 8.17. The summed E-state index contributed by atoms with van der Waals surface area (Å²) in [7, 11) is -4.46. The molecule has 10 heteroatoms. The molecular weight excluding hydrogens is 434 g/mol. The predicted octanol–water partition coefficient (Wildman–Crippen LogP) is 0.819. The maximum atomic E-state index is 12.3. The summed E-state index contributed by atoms with van der Waals surface area (Å²) in [5.74, 6) is -1.71. The number of hydrogen-bond acceptors (Lipinski definition) is 8. The number of phenols is 3. The number of phosphoric ester groups is 1. The topological polar surface area (TPSA) is 136 Å². The van der Waals surface area contributed by atoms with Gasteiger partial charge in [0.15, 0.2) is 5.78 Å². The molecule has 1 unspecified atom stereocenters. The van der Waals surface area contributed by atoms with Crippen molar-refractivity contribution < 1.29 is 68.2 Å². The van der Waals surface area contributed by atoms with E-state index in [-0.39, 0.29) is 59.1 Å². The molecule has 0 bridgehead atoms. The first-order valence-corrected chi connectivity index (χ1v) is 11.3. The number of carbonyl (C=O) groups excluding carboxylic acids is 1. The summed E-state index contributed by atoms with van der Waals surface area (Å²) in [4.78, 5) is 24.4. The van der Waals surface area contributed by atoms with Gasteiger partial charge >= 0.3 is 37.4 Å². The summed E-state index contributed by atoms with van der Waals surface area (Å²) >= 11 is 0. The summed E-state index contributed by atoms with van der Waals surface area (Å²) in [5.41, 5.74) is 0.488. The van der Waals surface area contributed by atoms with Crippen LogP contribution in [0.5, 0.6) is 23.0 Å². The first-order chi connectivity index (χ1) is 14.2. The Morgan fingerprint density at radius 1 is 1.03 bits per heavy atom. The van der Waals surface area contributed by atoms with Crippen LogP contribution in [-0.2, 0) is 15.5 Å². The van der Waals surface area contributed by atoms with Crippen LogP contribution in [0.2, 0.25) is 0 Å². The monoisotopic (exact) mass is 458 g/mol. The third-order valence-corrected chi connectivity index (χ3v) is 5.96. The minimum atomic E-state index is -4.46. The Balaban J connectivity index is 0.00000341. The van der Waals surface area contributed by atoms with E-state index in [1.165, 1.54) is 12.1 Å².